The lowest BCUT2D eigenvalue weighted by atomic mass is 10.1. The fourth-order valence-corrected chi connectivity index (χ4v) is 2.37. The van der Waals surface area contributed by atoms with Crippen LogP contribution in [-0.2, 0) is 6.42 Å². The van der Waals surface area contributed by atoms with E-state index in [4.69, 9.17) is 11.6 Å². The Bertz CT molecular complexity index is 710. The number of hydrogen-bond acceptors (Lipinski definition) is 1. The van der Waals surface area contributed by atoms with E-state index in [0.29, 0.717) is 5.15 Å². The van der Waals surface area contributed by atoms with Gasteiger partial charge in [0, 0.05) is 10.9 Å². The number of halogens is 1. The van der Waals surface area contributed by atoms with Crippen LogP contribution in [-0.4, -0.2) is 9.97 Å². The van der Waals surface area contributed by atoms with Gasteiger partial charge in [0.2, 0.25) is 0 Å². The van der Waals surface area contributed by atoms with Crippen LogP contribution < -0.4 is 0 Å². The fraction of sp³-hybridized carbons (Fsp3) is 0.0625. The number of aromatic amines is 1. The van der Waals surface area contributed by atoms with Gasteiger partial charge in [-0.25, -0.2) is 4.98 Å². The van der Waals surface area contributed by atoms with Crippen LogP contribution >= 0.6 is 11.6 Å². The molecule has 0 fully saturated rings. The third-order valence-corrected chi connectivity index (χ3v) is 3.30. The van der Waals surface area contributed by atoms with Crippen molar-refractivity contribution in [1.29, 1.82) is 0 Å². The summed E-state index contributed by atoms with van der Waals surface area (Å²) in [4.78, 5) is 7.83. The molecule has 2 heterocycles. The Morgan fingerprint density at radius 3 is 2.84 bits per heavy atom. The Morgan fingerprint density at radius 1 is 1.21 bits per heavy atom. The van der Waals surface area contributed by atoms with E-state index in [1.54, 1.807) is 0 Å². The molecule has 0 spiro atoms. The van der Waals surface area contributed by atoms with Crippen LogP contribution in [0.15, 0.2) is 55.1 Å². The SMILES string of the molecule is C=CCc1ccc(Cl)nc1-c1cc2ccccc2[nH]1. The topological polar surface area (TPSA) is 28.7 Å². The van der Waals surface area contributed by atoms with E-state index in [0.717, 1.165) is 28.9 Å². The molecule has 0 saturated heterocycles. The van der Waals surface area contributed by atoms with E-state index in [2.05, 4.69) is 34.7 Å². The van der Waals surface area contributed by atoms with Crippen LogP contribution in [0.1, 0.15) is 5.56 Å². The molecule has 0 bridgehead atoms. The van der Waals surface area contributed by atoms with Gasteiger partial charge in [0.25, 0.3) is 0 Å². The molecule has 2 nitrogen and oxygen atoms in total. The monoisotopic (exact) mass is 268 g/mol. The minimum atomic E-state index is 0.501. The molecule has 0 radical (unpaired) electrons. The first kappa shape index (κ1) is 12.0. The molecular formula is C16H13ClN2. The number of rotatable bonds is 3. The zero-order valence-electron chi connectivity index (χ0n) is 10.4. The molecule has 0 amide bonds. The van der Waals surface area contributed by atoms with Gasteiger partial charge in [0.05, 0.1) is 11.4 Å². The molecule has 0 aliphatic carbocycles. The average molecular weight is 269 g/mol. The van der Waals surface area contributed by atoms with Crippen LogP contribution in [0, 0.1) is 0 Å². The Balaban J connectivity index is 2.19. The minimum absolute atomic E-state index is 0.501. The number of allylic oxidation sites excluding steroid dienone is 1. The van der Waals surface area contributed by atoms with E-state index in [1.807, 2.05) is 30.3 Å². The Morgan fingerprint density at radius 2 is 2.05 bits per heavy atom. The highest BCUT2D eigenvalue weighted by atomic mass is 35.5. The van der Waals surface area contributed by atoms with Crippen LogP contribution in [0.25, 0.3) is 22.3 Å². The van der Waals surface area contributed by atoms with Gasteiger partial charge >= 0.3 is 0 Å². The lowest BCUT2D eigenvalue weighted by molar-refractivity contribution is 1.18. The van der Waals surface area contributed by atoms with E-state index in [-0.39, 0.29) is 0 Å². The van der Waals surface area contributed by atoms with Gasteiger partial charge in [-0.05, 0) is 30.2 Å². The van der Waals surface area contributed by atoms with E-state index in [9.17, 15) is 0 Å². The van der Waals surface area contributed by atoms with Gasteiger partial charge in [-0.2, -0.15) is 0 Å². The quantitative estimate of drug-likeness (QED) is 0.545. The van der Waals surface area contributed by atoms with Crippen molar-refractivity contribution in [3.8, 4) is 11.4 Å². The predicted molar refractivity (Wildman–Crippen MR) is 80.4 cm³/mol. The summed E-state index contributed by atoms with van der Waals surface area (Å²) < 4.78 is 0. The average Bonchev–Trinajstić information content (AvgIpc) is 2.84. The zero-order valence-corrected chi connectivity index (χ0v) is 11.1. The van der Waals surface area contributed by atoms with Gasteiger partial charge in [-0.3, -0.25) is 0 Å². The molecule has 94 valence electrons. The summed E-state index contributed by atoms with van der Waals surface area (Å²) in [5.74, 6) is 0. The van der Waals surface area contributed by atoms with Crippen LogP contribution in [0.3, 0.4) is 0 Å². The number of aromatic nitrogens is 2. The number of benzene rings is 1. The highest BCUT2D eigenvalue weighted by molar-refractivity contribution is 6.29. The lowest BCUT2D eigenvalue weighted by Gasteiger charge is -2.05. The molecule has 0 aliphatic rings. The second kappa shape index (κ2) is 4.90. The lowest BCUT2D eigenvalue weighted by Crippen LogP contribution is -1.92. The number of hydrogen-bond donors (Lipinski definition) is 1. The number of H-pyrrole nitrogens is 1. The molecule has 2 aromatic heterocycles. The summed E-state index contributed by atoms with van der Waals surface area (Å²) in [6.45, 7) is 3.78. The molecular weight excluding hydrogens is 256 g/mol. The molecule has 3 aromatic rings. The summed E-state index contributed by atoms with van der Waals surface area (Å²) in [6, 6.07) is 14.1. The third-order valence-electron chi connectivity index (χ3n) is 3.09. The van der Waals surface area contributed by atoms with E-state index in [1.165, 1.54) is 5.39 Å². The largest absolute Gasteiger partial charge is 0.353 e. The third kappa shape index (κ3) is 2.27. The van der Waals surface area contributed by atoms with Gasteiger partial charge in [-0.1, -0.05) is 41.9 Å². The number of pyridine rings is 1. The molecule has 1 aromatic carbocycles. The first-order valence-electron chi connectivity index (χ1n) is 6.12. The van der Waals surface area contributed by atoms with Crippen molar-refractivity contribution in [2.24, 2.45) is 0 Å². The molecule has 0 atom stereocenters. The van der Waals surface area contributed by atoms with Crippen molar-refractivity contribution >= 4 is 22.5 Å². The summed E-state index contributed by atoms with van der Waals surface area (Å²) in [6.07, 6.45) is 2.64. The van der Waals surface area contributed by atoms with Crippen molar-refractivity contribution < 1.29 is 0 Å². The number of fused-ring (bicyclic) bond motifs is 1. The molecule has 3 rings (SSSR count). The number of para-hydroxylation sites is 1. The second-order valence-corrected chi connectivity index (χ2v) is 4.79. The van der Waals surface area contributed by atoms with E-state index >= 15 is 0 Å². The molecule has 0 saturated carbocycles. The molecule has 0 unspecified atom stereocenters. The predicted octanol–water partition coefficient (Wildman–Crippen LogP) is 4.61. The summed E-state index contributed by atoms with van der Waals surface area (Å²) in [7, 11) is 0. The smallest absolute Gasteiger partial charge is 0.129 e. The summed E-state index contributed by atoms with van der Waals surface area (Å²) >= 11 is 6.01. The first-order chi connectivity index (χ1) is 9.28. The van der Waals surface area contributed by atoms with Gasteiger partial charge in [0.1, 0.15) is 5.15 Å². The maximum absolute atomic E-state index is 6.01. The van der Waals surface area contributed by atoms with Crippen molar-refractivity contribution in [1.82, 2.24) is 9.97 Å². The highest BCUT2D eigenvalue weighted by Crippen LogP contribution is 2.27. The standard InChI is InChI=1S/C16H13ClN2/c1-2-5-11-8-9-15(17)19-16(11)14-10-12-6-3-4-7-13(12)18-14/h2-4,6-10,18H,1,5H2. The van der Waals surface area contributed by atoms with Crippen LogP contribution in [0.2, 0.25) is 5.15 Å². The molecule has 1 N–H and O–H groups in total. The number of nitrogens with zero attached hydrogens (tertiary/aromatic N) is 1. The maximum Gasteiger partial charge on any atom is 0.129 e. The molecule has 19 heavy (non-hydrogen) atoms. The van der Waals surface area contributed by atoms with Gasteiger partial charge in [-0.15, -0.1) is 6.58 Å². The zero-order chi connectivity index (χ0) is 13.2. The molecule has 0 aliphatic heterocycles. The van der Waals surface area contributed by atoms with Crippen molar-refractivity contribution in [3.05, 3.63) is 65.8 Å². The summed E-state index contributed by atoms with van der Waals surface area (Å²) in [5.41, 5.74) is 4.10. The van der Waals surface area contributed by atoms with Crippen molar-refractivity contribution in [2.45, 2.75) is 6.42 Å². The Hall–Kier alpha value is -2.06. The maximum atomic E-state index is 6.01. The minimum Gasteiger partial charge on any atom is -0.353 e. The first-order valence-corrected chi connectivity index (χ1v) is 6.50. The van der Waals surface area contributed by atoms with Gasteiger partial charge in [0.15, 0.2) is 0 Å². The van der Waals surface area contributed by atoms with Crippen molar-refractivity contribution in [3.63, 3.8) is 0 Å². The van der Waals surface area contributed by atoms with Crippen molar-refractivity contribution in [2.75, 3.05) is 0 Å². The second-order valence-electron chi connectivity index (χ2n) is 4.40. The van der Waals surface area contributed by atoms with E-state index < -0.39 is 0 Å². The summed E-state index contributed by atoms with van der Waals surface area (Å²) in [5, 5.41) is 1.67. The number of nitrogens with one attached hydrogen (secondary N) is 1. The highest BCUT2D eigenvalue weighted by Gasteiger charge is 2.09. The normalized spacial score (nSPS) is 10.8. The fourth-order valence-electron chi connectivity index (χ4n) is 2.22. The Labute approximate surface area is 116 Å². The molecule has 3 heteroatoms. The Kier molecular flexibility index (Phi) is 3.10. The van der Waals surface area contributed by atoms with Crippen LogP contribution in [0.5, 0.6) is 0 Å². The van der Waals surface area contributed by atoms with Gasteiger partial charge < -0.3 is 4.98 Å². The van der Waals surface area contributed by atoms with Crippen LogP contribution in [0.4, 0.5) is 0 Å².